The number of halogens is 3. The summed E-state index contributed by atoms with van der Waals surface area (Å²) in [6, 6.07) is 14.0. The highest BCUT2D eigenvalue weighted by Gasteiger charge is 2.35. The van der Waals surface area contributed by atoms with Crippen molar-refractivity contribution in [2.45, 2.75) is 51.0 Å². The first-order valence-electron chi connectivity index (χ1n) is 11.0. The van der Waals surface area contributed by atoms with E-state index in [0.29, 0.717) is 25.1 Å². The van der Waals surface area contributed by atoms with Crippen molar-refractivity contribution in [3.05, 3.63) is 65.9 Å². The van der Waals surface area contributed by atoms with Gasteiger partial charge in [-0.1, -0.05) is 31.5 Å². The quantitative estimate of drug-likeness (QED) is 0.373. The zero-order valence-electron chi connectivity index (χ0n) is 19.2. The summed E-state index contributed by atoms with van der Waals surface area (Å²) in [7, 11) is 0. The van der Waals surface area contributed by atoms with Gasteiger partial charge in [0.15, 0.2) is 0 Å². The van der Waals surface area contributed by atoms with Gasteiger partial charge in [-0.05, 0) is 50.2 Å². The van der Waals surface area contributed by atoms with E-state index in [2.05, 4.69) is 9.88 Å². The van der Waals surface area contributed by atoms with Crippen molar-refractivity contribution in [1.82, 2.24) is 4.98 Å². The molecule has 0 amide bonds. The number of aryl methyl sites for hydroxylation is 1. The lowest BCUT2D eigenvalue weighted by Gasteiger charge is -2.38. The molecule has 2 heterocycles. The number of rotatable bonds is 5. The molecule has 3 aromatic rings. The number of aromatic nitrogens is 1. The Kier molecular flexibility index (Phi) is 8.62. The Morgan fingerprint density at radius 1 is 1.09 bits per heavy atom. The van der Waals surface area contributed by atoms with E-state index in [9.17, 15) is 13.2 Å². The van der Waals surface area contributed by atoms with Crippen LogP contribution in [0.4, 0.5) is 18.9 Å². The third-order valence-electron chi connectivity index (χ3n) is 5.15. The number of anilines is 1. The molecule has 1 saturated heterocycles. The molecule has 0 radical (unpaired) electrons. The predicted molar refractivity (Wildman–Crippen MR) is 128 cm³/mol. The van der Waals surface area contributed by atoms with Crippen molar-refractivity contribution in [2.24, 2.45) is 0 Å². The lowest BCUT2D eigenvalue weighted by atomic mass is 10.1. The fraction of sp³-hybridized carbons (Fsp3) is 0.400. The third-order valence-corrected chi connectivity index (χ3v) is 5.87. The molecular formula is C25H29F3N2O2S. The number of ether oxygens (including phenoxy) is 1. The largest absolute Gasteiger partial charge is 0.418 e. The zero-order chi connectivity index (χ0) is 24.0. The smallest absolute Gasteiger partial charge is 0.369 e. The molecule has 0 bridgehead atoms. The van der Waals surface area contributed by atoms with Crippen molar-refractivity contribution < 1.29 is 22.1 Å². The zero-order valence-corrected chi connectivity index (χ0v) is 20.0. The Morgan fingerprint density at radius 2 is 1.82 bits per heavy atom. The highest BCUT2D eigenvalue weighted by atomic mass is 32.2. The van der Waals surface area contributed by atoms with Crippen LogP contribution in [0, 0.1) is 6.92 Å². The van der Waals surface area contributed by atoms with Crippen LogP contribution in [0.15, 0.2) is 59.6 Å². The van der Waals surface area contributed by atoms with Gasteiger partial charge in [0.25, 0.3) is 0 Å². The highest BCUT2D eigenvalue weighted by molar-refractivity contribution is 7.94. The van der Waals surface area contributed by atoms with Gasteiger partial charge < -0.3 is 13.8 Å². The minimum absolute atomic E-state index is 0.0330. The molecule has 33 heavy (non-hydrogen) atoms. The second-order valence-electron chi connectivity index (χ2n) is 7.68. The first-order chi connectivity index (χ1) is 15.8. The first kappa shape index (κ1) is 25.3. The molecule has 178 valence electrons. The molecule has 0 saturated carbocycles. The number of hydrogen-bond donors (Lipinski definition) is 0. The number of nitrogens with zero attached hydrogens (tertiary/aromatic N) is 2. The fourth-order valence-corrected chi connectivity index (χ4v) is 4.37. The summed E-state index contributed by atoms with van der Waals surface area (Å²) in [5.41, 5.74) is 1.15. The standard InChI is InChI=1S/C23H23F3N2O2S.C2H6/c1-15-5-7-18(8-6-15)31-29-14-17-13-28(12-16(2)30-17)21-10-9-20(23(24,25)26)22-19(21)4-3-11-27-22;1-2/h3-11,16-17H,12-14H2,1-2H3;1-2H3. The van der Waals surface area contributed by atoms with E-state index in [1.807, 2.05) is 52.0 Å². The van der Waals surface area contributed by atoms with Gasteiger partial charge in [0.2, 0.25) is 0 Å². The van der Waals surface area contributed by atoms with Crippen LogP contribution in [-0.4, -0.2) is 36.9 Å². The molecule has 1 aliphatic rings. The number of benzene rings is 2. The monoisotopic (exact) mass is 478 g/mol. The summed E-state index contributed by atoms with van der Waals surface area (Å²) in [4.78, 5) is 7.09. The average Bonchev–Trinajstić information content (AvgIpc) is 2.80. The summed E-state index contributed by atoms with van der Waals surface area (Å²) in [5, 5.41) is 0.486. The van der Waals surface area contributed by atoms with Crippen molar-refractivity contribution in [1.29, 1.82) is 0 Å². The van der Waals surface area contributed by atoms with Crippen molar-refractivity contribution in [3.63, 3.8) is 0 Å². The van der Waals surface area contributed by atoms with E-state index in [1.165, 1.54) is 29.9 Å². The van der Waals surface area contributed by atoms with Gasteiger partial charge in [0.1, 0.15) is 0 Å². The van der Waals surface area contributed by atoms with E-state index in [1.54, 1.807) is 12.1 Å². The summed E-state index contributed by atoms with van der Waals surface area (Å²) < 4.78 is 52.1. The molecule has 2 unspecified atom stereocenters. The van der Waals surface area contributed by atoms with Crippen LogP contribution < -0.4 is 4.90 Å². The van der Waals surface area contributed by atoms with Gasteiger partial charge >= 0.3 is 6.18 Å². The predicted octanol–water partition coefficient (Wildman–Crippen LogP) is 6.91. The Bertz CT molecular complexity index is 1040. The van der Waals surface area contributed by atoms with Crippen molar-refractivity contribution >= 4 is 28.6 Å². The molecule has 2 aromatic carbocycles. The number of alkyl halides is 3. The number of hydrogen-bond acceptors (Lipinski definition) is 5. The molecule has 0 N–H and O–H groups in total. The van der Waals surface area contributed by atoms with Gasteiger partial charge in [-0.25, -0.2) is 0 Å². The Labute approximate surface area is 197 Å². The van der Waals surface area contributed by atoms with Crippen LogP contribution in [0.2, 0.25) is 0 Å². The topological polar surface area (TPSA) is 34.6 Å². The molecule has 4 rings (SSSR count). The molecule has 2 atom stereocenters. The van der Waals surface area contributed by atoms with Crippen LogP contribution in [0.25, 0.3) is 10.9 Å². The van der Waals surface area contributed by atoms with Crippen LogP contribution in [0.1, 0.15) is 31.9 Å². The SMILES string of the molecule is CC.Cc1ccc(SOCC2CN(c3ccc(C(F)(F)F)c4ncccc34)CC(C)O2)cc1. The lowest BCUT2D eigenvalue weighted by molar-refractivity contribution is -0.136. The summed E-state index contributed by atoms with van der Waals surface area (Å²) in [6.07, 6.45) is -3.34. The average molecular weight is 479 g/mol. The molecular weight excluding hydrogens is 449 g/mol. The maximum atomic E-state index is 13.4. The van der Waals surface area contributed by atoms with Gasteiger partial charge in [-0.2, -0.15) is 13.2 Å². The maximum absolute atomic E-state index is 13.4. The van der Waals surface area contributed by atoms with E-state index in [4.69, 9.17) is 8.92 Å². The van der Waals surface area contributed by atoms with Gasteiger partial charge in [0.05, 0.1) is 29.9 Å². The molecule has 1 fully saturated rings. The number of fused-ring (bicyclic) bond motifs is 1. The second kappa shape index (κ2) is 11.2. The normalized spacial score (nSPS) is 18.7. The minimum Gasteiger partial charge on any atom is -0.369 e. The van der Waals surface area contributed by atoms with Crippen molar-refractivity contribution in [2.75, 3.05) is 24.6 Å². The van der Waals surface area contributed by atoms with E-state index in [0.717, 1.165) is 16.6 Å². The van der Waals surface area contributed by atoms with Gasteiger partial charge in [0, 0.05) is 47.3 Å². The summed E-state index contributed by atoms with van der Waals surface area (Å²) >= 11 is 1.29. The van der Waals surface area contributed by atoms with E-state index in [-0.39, 0.29) is 17.7 Å². The van der Waals surface area contributed by atoms with Crippen LogP contribution in [0.3, 0.4) is 0 Å². The maximum Gasteiger partial charge on any atom is 0.418 e. The Morgan fingerprint density at radius 3 is 2.52 bits per heavy atom. The lowest BCUT2D eigenvalue weighted by Crippen LogP contribution is -2.48. The minimum atomic E-state index is -4.45. The highest BCUT2D eigenvalue weighted by Crippen LogP contribution is 2.38. The van der Waals surface area contributed by atoms with E-state index < -0.39 is 11.7 Å². The summed E-state index contributed by atoms with van der Waals surface area (Å²) in [6.45, 7) is 9.46. The van der Waals surface area contributed by atoms with Crippen LogP contribution >= 0.6 is 12.0 Å². The summed E-state index contributed by atoms with van der Waals surface area (Å²) in [5.74, 6) is 0. The fourth-order valence-electron chi connectivity index (χ4n) is 3.77. The number of pyridine rings is 1. The van der Waals surface area contributed by atoms with Gasteiger partial charge in [-0.3, -0.25) is 4.98 Å². The molecule has 1 aliphatic heterocycles. The molecule has 1 aromatic heterocycles. The Balaban J connectivity index is 0.00000149. The van der Waals surface area contributed by atoms with Gasteiger partial charge in [-0.15, -0.1) is 0 Å². The Hall–Kier alpha value is -2.29. The molecule has 4 nitrogen and oxygen atoms in total. The van der Waals surface area contributed by atoms with Crippen LogP contribution in [0.5, 0.6) is 0 Å². The van der Waals surface area contributed by atoms with Crippen LogP contribution in [-0.2, 0) is 15.1 Å². The molecule has 0 spiro atoms. The van der Waals surface area contributed by atoms with E-state index >= 15 is 0 Å². The third kappa shape index (κ3) is 6.40. The second-order valence-corrected chi connectivity index (χ2v) is 8.56. The molecule has 0 aliphatic carbocycles. The molecule has 8 heteroatoms. The van der Waals surface area contributed by atoms with Crippen molar-refractivity contribution in [3.8, 4) is 0 Å². The number of morpholine rings is 1. The first-order valence-corrected chi connectivity index (χ1v) is 11.8.